The van der Waals surface area contributed by atoms with Crippen LogP contribution < -0.4 is 15.9 Å². The molecule has 25 heavy (non-hydrogen) atoms. The molecule has 4 rings (SSSR count). The van der Waals surface area contributed by atoms with Crippen LogP contribution in [0.2, 0.25) is 0 Å². The van der Waals surface area contributed by atoms with Crippen molar-refractivity contribution in [2.45, 2.75) is 6.16 Å². The predicted molar refractivity (Wildman–Crippen MR) is 111 cm³/mol. The average molecular weight is 360 g/mol. The van der Waals surface area contributed by atoms with Crippen LogP contribution in [-0.4, -0.2) is 4.37 Å². The highest BCUT2D eigenvalue weighted by molar-refractivity contribution is 7.95. The molecule has 3 heteroatoms. The highest BCUT2D eigenvalue weighted by atomic mass is 32.1. The molecule has 0 atom stereocenters. The average Bonchev–Trinajstić information content (AvgIpc) is 3.21. The van der Waals surface area contributed by atoms with Gasteiger partial charge in [-0.3, -0.25) is 0 Å². The number of rotatable bonds is 5. The lowest BCUT2D eigenvalue weighted by Gasteiger charge is -2.27. The van der Waals surface area contributed by atoms with Crippen molar-refractivity contribution in [3.8, 4) is 0 Å². The fourth-order valence-corrected chi connectivity index (χ4v) is 8.11. The van der Waals surface area contributed by atoms with E-state index in [1.807, 2.05) is 0 Å². The number of hydrogen-bond donors (Lipinski definition) is 0. The maximum absolute atomic E-state index is 4.65. The third-order valence-corrected chi connectivity index (χ3v) is 9.42. The molecule has 3 aromatic carbocycles. The Morgan fingerprint density at radius 2 is 1.04 bits per heavy atom. The third kappa shape index (κ3) is 3.16. The zero-order valence-electron chi connectivity index (χ0n) is 13.8. The summed E-state index contributed by atoms with van der Waals surface area (Å²) in [6.45, 7) is 0. The van der Waals surface area contributed by atoms with Gasteiger partial charge in [0.05, 0.1) is 5.69 Å². The summed E-state index contributed by atoms with van der Waals surface area (Å²) in [5.74, 6) is 0. The lowest BCUT2D eigenvalue weighted by molar-refractivity contribution is 1.28. The van der Waals surface area contributed by atoms with Crippen LogP contribution in [0.4, 0.5) is 0 Å². The predicted octanol–water partition coefficient (Wildman–Crippen LogP) is 4.64. The van der Waals surface area contributed by atoms with Gasteiger partial charge in [0.25, 0.3) is 0 Å². The molecule has 0 aliphatic rings. The SMILES string of the molecule is c1ccc([P+](Cc2ccsn2)(c2ccccc2)c2ccccc2)cc1. The van der Waals surface area contributed by atoms with Crippen molar-refractivity contribution >= 4 is 34.7 Å². The van der Waals surface area contributed by atoms with Crippen molar-refractivity contribution < 1.29 is 0 Å². The van der Waals surface area contributed by atoms with E-state index in [1.54, 1.807) is 0 Å². The molecule has 0 amide bonds. The molecule has 0 radical (unpaired) electrons. The summed E-state index contributed by atoms with van der Waals surface area (Å²) in [6.07, 6.45) is 0.953. The maximum Gasteiger partial charge on any atom is 0.118 e. The van der Waals surface area contributed by atoms with Gasteiger partial charge in [0.2, 0.25) is 0 Å². The summed E-state index contributed by atoms with van der Waals surface area (Å²) in [5.41, 5.74) is 1.18. The van der Waals surface area contributed by atoms with Crippen molar-refractivity contribution in [2.75, 3.05) is 0 Å². The first-order chi connectivity index (χ1) is 12.4. The van der Waals surface area contributed by atoms with Crippen molar-refractivity contribution in [3.05, 3.63) is 108 Å². The van der Waals surface area contributed by atoms with Crippen molar-refractivity contribution in [1.29, 1.82) is 0 Å². The summed E-state index contributed by atoms with van der Waals surface area (Å²) in [5, 5.41) is 6.28. The van der Waals surface area contributed by atoms with Gasteiger partial charge in [0.15, 0.2) is 0 Å². The molecule has 0 bridgehead atoms. The smallest absolute Gasteiger partial charge is 0.118 e. The van der Waals surface area contributed by atoms with Crippen LogP contribution in [0.3, 0.4) is 0 Å². The molecule has 0 saturated heterocycles. The van der Waals surface area contributed by atoms with Gasteiger partial charge >= 0.3 is 0 Å². The summed E-state index contributed by atoms with van der Waals surface area (Å²) in [7, 11) is -1.80. The van der Waals surface area contributed by atoms with E-state index in [-0.39, 0.29) is 0 Å². The first-order valence-corrected chi connectivity index (χ1v) is 11.1. The quantitative estimate of drug-likeness (QED) is 0.473. The molecule has 0 aliphatic heterocycles. The minimum atomic E-state index is -1.80. The zero-order chi connectivity index (χ0) is 17.0. The summed E-state index contributed by atoms with van der Waals surface area (Å²) in [4.78, 5) is 0. The first-order valence-electron chi connectivity index (χ1n) is 8.34. The van der Waals surface area contributed by atoms with Crippen LogP contribution in [0.15, 0.2) is 102 Å². The number of nitrogens with zero attached hydrogens (tertiary/aromatic N) is 1. The largest absolute Gasteiger partial charge is 0.194 e. The van der Waals surface area contributed by atoms with Gasteiger partial charge < -0.3 is 0 Å². The Balaban J connectivity index is 2.01. The fraction of sp³-hybridized carbons (Fsp3) is 0.0455. The molecule has 0 fully saturated rings. The van der Waals surface area contributed by atoms with Gasteiger partial charge in [-0.05, 0) is 54.0 Å². The molecule has 122 valence electrons. The van der Waals surface area contributed by atoms with E-state index in [2.05, 4.69) is 107 Å². The summed E-state index contributed by atoms with van der Waals surface area (Å²) < 4.78 is 4.65. The van der Waals surface area contributed by atoms with E-state index in [9.17, 15) is 0 Å². The standard InChI is InChI=1S/C22H19NPS/c1-4-10-20(11-5-1)24(18-19-16-17-25-23-19,21-12-6-2-7-13-21)22-14-8-3-9-15-22/h1-17H,18H2/q+1. The number of hydrogen-bond acceptors (Lipinski definition) is 2. The molecule has 0 spiro atoms. The van der Waals surface area contributed by atoms with E-state index >= 15 is 0 Å². The molecule has 0 aliphatic carbocycles. The Bertz CT molecular complexity index is 810. The van der Waals surface area contributed by atoms with Crippen LogP contribution in [0, 0.1) is 0 Å². The van der Waals surface area contributed by atoms with Gasteiger partial charge in [-0.25, -0.2) is 0 Å². The van der Waals surface area contributed by atoms with Crippen molar-refractivity contribution in [1.82, 2.24) is 4.37 Å². The van der Waals surface area contributed by atoms with Gasteiger partial charge in [0.1, 0.15) is 29.3 Å². The summed E-state index contributed by atoms with van der Waals surface area (Å²) in [6, 6.07) is 35.0. The Kier molecular flexibility index (Phi) is 4.74. The maximum atomic E-state index is 4.65. The lowest BCUT2D eigenvalue weighted by atomic mass is 10.4. The second-order valence-corrected chi connectivity index (χ2v) is 10.1. The van der Waals surface area contributed by atoms with Crippen molar-refractivity contribution in [3.63, 3.8) is 0 Å². The second kappa shape index (κ2) is 7.31. The minimum Gasteiger partial charge on any atom is -0.194 e. The van der Waals surface area contributed by atoms with Gasteiger partial charge in [-0.2, -0.15) is 4.37 Å². The molecular formula is C22H19NPS+. The van der Waals surface area contributed by atoms with Crippen molar-refractivity contribution in [2.24, 2.45) is 0 Å². The van der Waals surface area contributed by atoms with Gasteiger partial charge in [-0.1, -0.05) is 54.6 Å². The Labute approximate surface area is 153 Å². The molecule has 0 N–H and O–H groups in total. The lowest BCUT2D eigenvalue weighted by Crippen LogP contribution is -2.32. The molecule has 4 aromatic rings. The van der Waals surface area contributed by atoms with Crippen LogP contribution in [0.1, 0.15) is 5.69 Å². The second-order valence-electron chi connectivity index (χ2n) is 5.97. The Morgan fingerprint density at radius 1 is 0.600 bits per heavy atom. The molecular weight excluding hydrogens is 341 g/mol. The number of aromatic nitrogens is 1. The Morgan fingerprint density at radius 3 is 1.40 bits per heavy atom. The van der Waals surface area contributed by atoms with E-state index in [0.717, 1.165) is 6.16 Å². The van der Waals surface area contributed by atoms with Gasteiger partial charge in [0, 0.05) is 5.38 Å². The van der Waals surface area contributed by atoms with E-state index in [4.69, 9.17) is 0 Å². The highest BCUT2D eigenvalue weighted by Gasteiger charge is 2.45. The van der Waals surface area contributed by atoms with E-state index in [0.29, 0.717) is 0 Å². The zero-order valence-corrected chi connectivity index (χ0v) is 15.5. The first kappa shape index (κ1) is 16.2. The monoisotopic (exact) mass is 360 g/mol. The van der Waals surface area contributed by atoms with Gasteiger partial charge in [-0.15, -0.1) is 0 Å². The summed E-state index contributed by atoms with van der Waals surface area (Å²) >= 11 is 1.53. The number of benzene rings is 3. The van der Waals surface area contributed by atoms with Crippen LogP contribution in [-0.2, 0) is 6.16 Å². The van der Waals surface area contributed by atoms with Crippen LogP contribution >= 0.6 is 18.8 Å². The third-order valence-electron chi connectivity index (χ3n) is 4.48. The van der Waals surface area contributed by atoms with E-state index in [1.165, 1.54) is 33.1 Å². The minimum absolute atomic E-state index is 0.953. The molecule has 0 saturated carbocycles. The normalized spacial score (nSPS) is 11.4. The van der Waals surface area contributed by atoms with Crippen LogP contribution in [0.5, 0.6) is 0 Å². The highest BCUT2D eigenvalue weighted by Crippen LogP contribution is 2.57. The molecule has 1 heterocycles. The Hall–Kier alpha value is -2.28. The fourth-order valence-electron chi connectivity index (χ4n) is 3.33. The van der Waals surface area contributed by atoms with Crippen LogP contribution in [0.25, 0.3) is 0 Å². The van der Waals surface area contributed by atoms with E-state index < -0.39 is 7.26 Å². The molecule has 1 aromatic heterocycles. The topological polar surface area (TPSA) is 12.9 Å². The molecule has 1 nitrogen and oxygen atoms in total. The molecule has 0 unspecified atom stereocenters.